The predicted octanol–water partition coefficient (Wildman–Crippen LogP) is 3.50. The monoisotopic (exact) mass is 528 g/mol. The number of piperidine rings is 1. The van der Waals surface area contributed by atoms with Crippen LogP contribution in [0.25, 0.3) is 5.57 Å². The van der Waals surface area contributed by atoms with Crippen molar-refractivity contribution in [1.29, 1.82) is 0 Å². The summed E-state index contributed by atoms with van der Waals surface area (Å²) in [6, 6.07) is 0.588. The lowest BCUT2D eigenvalue weighted by Crippen LogP contribution is -2.35. The van der Waals surface area contributed by atoms with E-state index in [-0.39, 0.29) is 10.9 Å². The highest BCUT2D eigenvalue weighted by molar-refractivity contribution is 8.14. The van der Waals surface area contributed by atoms with Crippen molar-refractivity contribution >= 4 is 34.2 Å². The maximum absolute atomic E-state index is 13.6. The highest BCUT2D eigenvalue weighted by Crippen LogP contribution is 2.33. The van der Waals surface area contributed by atoms with Crippen LogP contribution in [0, 0.1) is 23.7 Å². The topological polar surface area (TPSA) is 90.9 Å². The lowest BCUT2D eigenvalue weighted by atomic mass is 9.95. The molecule has 1 saturated heterocycles. The van der Waals surface area contributed by atoms with E-state index in [1.54, 1.807) is 6.07 Å². The number of methoxy groups -OCH3 is 1. The second-order valence-corrected chi connectivity index (χ2v) is 10.7. The van der Waals surface area contributed by atoms with Crippen LogP contribution in [-0.2, 0) is 4.74 Å². The fourth-order valence-electron chi connectivity index (χ4n) is 4.34. The van der Waals surface area contributed by atoms with Crippen molar-refractivity contribution in [1.82, 2.24) is 21.0 Å². The third kappa shape index (κ3) is 6.01. The highest BCUT2D eigenvalue weighted by atomic mass is 32.2. The van der Waals surface area contributed by atoms with E-state index in [9.17, 15) is 13.6 Å². The summed E-state index contributed by atoms with van der Waals surface area (Å²) in [5.74, 6) is 8.05. The first-order valence-electron chi connectivity index (χ1n) is 12.5. The van der Waals surface area contributed by atoms with Crippen LogP contribution in [-0.4, -0.2) is 54.1 Å². The lowest BCUT2D eigenvalue weighted by Gasteiger charge is -2.32. The number of aromatic nitrogens is 1. The van der Waals surface area contributed by atoms with Gasteiger partial charge >= 0.3 is 0 Å². The van der Waals surface area contributed by atoms with Gasteiger partial charge in [0.25, 0.3) is 12.3 Å². The summed E-state index contributed by atoms with van der Waals surface area (Å²) in [7, 11) is 1.47. The Morgan fingerprint density at radius 1 is 1.27 bits per heavy atom. The van der Waals surface area contributed by atoms with E-state index >= 15 is 0 Å². The first-order chi connectivity index (χ1) is 17.9. The molecule has 4 aliphatic rings. The maximum atomic E-state index is 13.6. The molecule has 8 nitrogen and oxygen atoms in total. The van der Waals surface area contributed by atoms with E-state index in [0.29, 0.717) is 39.7 Å². The fourth-order valence-corrected chi connectivity index (χ4v) is 5.05. The molecule has 1 saturated carbocycles. The average Bonchev–Trinajstić information content (AvgIpc) is 3.64. The van der Waals surface area contributed by atoms with Crippen LogP contribution in [0.5, 0.6) is 0 Å². The zero-order chi connectivity index (χ0) is 25.9. The number of halogens is 2. The van der Waals surface area contributed by atoms with Crippen molar-refractivity contribution < 1.29 is 18.3 Å². The van der Waals surface area contributed by atoms with Crippen molar-refractivity contribution in [2.45, 2.75) is 50.4 Å². The molecule has 0 spiro atoms. The molecule has 1 amide bonds. The van der Waals surface area contributed by atoms with Gasteiger partial charge < -0.3 is 15.0 Å². The third-order valence-electron chi connectivity index (χ3n) is 6.77. The van der Waals surface area contributed by atoms with E-state index in [0.717, 1.165) is 38.8 Å². The van der Waals surface area contributed by atoms with Crippen LogP contribution in [0.15, 0.2) is 35.4 Å². The predicted molar refractivity (Wildman–Crippen MR) is 141 cm³/mol. The van der Waals surface area contributed by atoms with Crippen LogP contribution in [0.3, 0.4) is 0 Å². The number of anilines is 1. The largest absolute Gasteiger partial charge is 0.495 e. The molecule has 1 aromatic rings. The molecule has 37 heavy (non-hydrogen) atoms. The Balaban J connectivity index is 1.43. The Hall–Kier alpha value is -3.26. The molecule has 3 aliphatic heterocycles. The molecule has 1 aliphatic carbocycles. The number of nitrogens with zero attached hydrogens (tertiary/aromatic N) is 3. The summed E-state index contributed by atoms with van der Waals surface area (Å²) in [6.45, 7) is 3.91. The van der Waals surface area contributed by atoms with E-state index < -0.39 is 18.4 Å². The molecule has 3 N–H and O–H groups in total. The number of allylic oxidation sites excluding steroid dienone is 1. The molecule has 5 rings (SSSR count). The number of alkyl halides is 2. The Bertz CT molecular complexity index is 1200. The highest BCUT2D eigenvalue weighted by Gasteiger charge is 2.29. The molecule has 1 aromatic heterocycles. The second kappa shape index (κ2) is 11.0. The molecular weight excluding hydrogens is 498 g/mol. The number of amidine groups is 1. The minimum absolute atomic E-state index is 0.223. The van der Waals surface area contributed by atoms with Crippen LogP contribution >= 0.6 is 11.8 Å². The Morgan fingerprint density at radius 3 is 2.76 bits per heavy atom. The zero-order valence-corrected chi connectivity index (χ0v) is 21.6. The number of carbonyl (C=O) groups is 1. The van der Waals surface area contributed by atoms with E-state index in [4.69, 9.17) is 4.74 Å². The van der Waals surface area contributed by atoms with Gasteiger partial charge in [-0.05, 0) is 55.5 Å². The van der Waals surface area contributed by atoms with Gasteiger partial charge in [0.05, 0.1) is 12.7 Å². The average molecular weight is 529 g/mol. The summed E-state index contributed by atoms with van der Waals surface area (Å²) >= 11 is 1.33. The van der Waals surface area contributed by atoms with Crippen molar-refractivity contribution in [2.24, 2.45) is 16.9 Å². The second-order valence-electron chi connectivity index (χ2n) is 9.64. The van der Waals surface area contributed by atoms with Gasteiger partial charge in [0, 0.05) is 42.5 Å². The summed E-state index contributed by atoms with van der Waals surface area (Å²) in [5.41, 5.74) is 4.06. The van der Waals surface area contributed by atoms with Crippen molar-refractivity contribution in [3.05, 3.63) is 41.4 Å². The summed E-state index contributed by atoms with van der Waals surface area (Å²) < 4.78 is 32.7. The molecule has 0 bridgehead atoms. The van der Waals surface area contributed by atoms with E-state index in [2.05, 4.69) is 49.8 Å². The first kappa shape index (κ1) is 25.4. The number of amides is 1. The standard InChI is InChI=1S/C26H30F2N6O2S/c1-15-7-9-34(10-8-15)22-12-17(18-11-20(24(27)28)29-14-21(18)36-2)19(13-30-22)25(35)31-26-33-32-23(37-26)6-5-16-3-4-16/h11-16,20,23-24,29,32H,3-4,7-10H2,1-2H3,(H,31,33,35). The van der Waals surface area contributed by atoms with Gasteiger partial charge in [-0.15, -0.1) is 0 Å². The number of hydrogen-bond acceptors (Lipinski definition) is 8. The number of pyridine rings is 1. The maximum Gasteiger partial charge on any atom is 0.261 e. The van der Waals surface area contributed by atoms with E-state index in [1.165, 1.54) is 37.3 Å². The fraction of sp³-hybridized carbons (Fsp3) is 0.500. The summed E-state index contributed by atoms with van der Waals surface area (Å²) in [5, 5.41) is 9.84. The van der Waals surface area contributed by atoms with Gasteiger partial charge in [-0.2, -0.15) is 5.10 Å². The zero-order valence-electron chi connectivity index (χ0n) is 20.8. The Kier molecular flexibility index (Phi) is 7.55. The number of ether oxygens (including phenoxy) is 1. The quantitative estimate of drug-likeness (QED) is 0.504. The van der Waals surface area contributed by atoms with Gasteiger partial charge in [0.15, 0.2) is 10.5 Å². The smallest absolute Gasteiger partial charge is 0.261 e. The number of hydrogen-bond donors (Lipinski definition) is 3. The van der Waals surface area contributed by atoms with E-state index in [1.807, 2.05) is 0 Å². The van der Waals surface area contributed by atoms with Crippen LogP contribution < -0.4 is 21.0 Å². The van der Waals surface area contributed by atoms with Crippen molar-refractivity contribution in [3.63, 3.8) is 0 Å². The molecule has 0 radical (unpaired) electrons. The van der Waals surface area contributed by atoms with Crippen LogP contribution in [0.1, 0.15) is 48.5 Å². The van der Waals surface area contributed by atoms with Gasteiger partial charge in [0.2, 0.25) is 0 Å². The van der Waals surface area contributed by atoms with Gasteiger partial charge in [0.1, 0.15) is 17.6 Å². The number of rotatable bonds is 5. The van der Waals surface area contributed by atoms with Crippen molar-refractivity contribution in [3.8, 4) is 11.8 Å². The SMILES string of the molecule is COC1=CNC(C(F)F)C=C1c1cc(N2CCC(C)CC2)ncc1C(=O)NC1=NNC(C#CC2CC2)S1. The Morgan fingerprint density at radius 2 is 2.05 bits per heavy atom. The Labute approximate surface area is 219 Å². The van der Waals surface area contributed by atoms with Gasteiger partial charge in [-0.1, -0.05) is 18.8 Å². The first-order valence-corrected chi connectivity index (χ1v) is 13.4. The van der Waals surface area contributed by atoms with Crippen LogP contribution in [0.2, 0.25) is 0 Å². The number of carbonyl (C=O) groups excluding carboxylic acids is 1. The number of nitrogens with one attached hydrogen (secondary N) is 3. The number of thioether (sulfide) groups is 1. The molecule has 11 heteroatoms. The minimum Gasteiger partial charge on any atom is -0.495 e. The molecule has 2 atom stereocenters. The molecule has 4 heterocycles. The number of dihydropyridines is 1. The summed E-state index contributed by atoms with van der Waals surface area (Å²) in [4.78, 5) is 20.2. The molecule has 2 fully saturated rings. The third-order valence-corrected chi connectivity index (χ3v) is 7.65. The van der Waals surface area contributed by atoms with Gasteiger partial charge in [-0.3, -0.25) is 15.5 Å². The lowest BCUT2D eigenvalue weighted by molar-refractivity contribution is 0.0977. The molecule has 196 valence electrons. The minimum atomic E-state index is -2.63. The number of hydrazone groups is 1. The van der Waals surface area contributed by atoms with Crippen LogP contribution in [0.4, 0.5) is 14.6 Å². The molecule has 2 unspecified atom stereocenters. The summed E-state index contributed by atoms with van der Waals surface area (Å²) in [6.07, 6.45) is 6.04. The molecular formula is C26H30F2N6O2S. The van der Waals surface area contributed by atoms with Crippen molar-refractivity contribution in [2.75, 3.05) is 25.1 Å². The normalized spacial score (nSPS) is 23.7. The van der Waals surface area contributed by atoms with Gasteiger partial charge in [-0.25, -0.2) is 13.8 Å². The molecule has 0 aromatic carbocycles.